The van der Waals surface area contributed by atoms with E-state index in [-0.39, 0.29) is 4.87 Å². The number of aryl methyl sites for hydroxylation is 2. The van der Waals surface area contributed by atoms with Crippen molar-refractivity contribution in [3.05, 3.63) is 20.9 Å². The highest BCUT2D eigenvalue weighted by atomic mass is 32.1. The van der Waals surface area contributed by atoms with Crippen molar-refractivity contribution in [1.82, 2.24) is 9.97 Å². The number of hydrogen-bond donors (Lipinski definition) is 2. The minimum atomic E-state index is -0.0874. The predicted octanol–water partition coefficient (Wildman–Crippen LogP) is 1.18. The minimum Gasteiger partial charge on any atom is -0.397 e. The third kappa shape index (κ3) is 1.12. The average Bonchev–Trinajstić information content (AvgIpc) is 2.42. The van der Waals surface area contributed by atoms with Crippen LogP contribution in [0.1, 0.15) is 11.3 Å². The van der Waals surface area contributed by atoms with Gasteiger partial charge in [0, 0.05) is 0 Å². The molecule has 2 aromatic heterocycles. The molecule has 2 aromatic rings. The van der Waals surface area contributed by atoms with Crippen molar-refractivity contribution in [2.45, 2.75) is 13.8 Å². The predicted molar refractivity (Wildman–Crippen MR) is 54.1 cm³/mol. The van der Waals surface area contributed by atoms with Gasteiger partial charge in [-0.25, -0.2) is 4.98 Å². The molecule has 0 amide bonds. The van der Waals surface area contributed by atoms with Gasteiger partial charge in [-0.3, -0.25) is 9.78 Å². The van der Waals surface area contributed by atoms with Gasteiger partial charge in [-0.15, -0.1) is 0 Å². The monoisotopic (exact) mass is 195 g/mol. The van der Waals surface area contributed by atoms with E-state index in [1.54, 1.807) is 0 Å². The maximum absolute atomic E-state index is 11.0. The molecule has 0 unspecified atom stereocenters. The molecule has 5 heteroatoms. The number of H-pyrrole nitrogens is 1. The van der Waals surface area contributed by atoms with Crippen LogP contribution in [0.15, 0.2) is 4.79 Å². The van der Waals surface area contributed by atoms with E-state index in [1.165, 1.54) is 0 Å². The second-order valence-corrected chi connectivity index (χ2v) is 3.91. The standard InChI is InChI=1S/C8H9N3OS/c1-3-5(9)4(2)10-7-6(3)13-8(12)11-7/h9H2,1-2H3,(H,10,11,12). The summed E-state index contributed by atoms with van der Waals surface area (Å²) in [6, 6.07) is 0. The highest BCUT2D eigenvalue weighted by Crippen LogP contribution is 2.24. The third-order valence-corrected chi connectivity index (χ3v) is 3.04. The Morgan fingerprint density at radius 2 is 2.15 bits per heavy atom. The van der Waals surface area contributed by atoms with E-state index in [0.717, 1.165) is 27.3 Å². The van der Waals surface area contributed by atoms with Crippen LogP contribution in [-0.2, 0) is 0 Å². The van der Waals surface area contributed by atoms with Crippen LogP contribution in [0.3, 0.4) is 0 Å². The number of nitrogens with two attached hydrogens (primary N) is 1. The average molecular weight is 195 g/mol. The van der Waals surface area contributed by atoms with E-state index in [4.69, 9.17) is 5.73 Å². The summed E-state index contributed by atoms with van der Waals surface area (Å²) < 4.78 is 0.855. The molecule has 0 atom stereocenters. The first-order chi connectivity index (χ1) is 6.09. The van der Waals surface area contributed by atoms with Crippen molar-refractivity contribution in [3.8, 4) is 0 Å². The highest BCUT2D eigenvalue weighted by molar-refractivity contribution is 7.16. The normalized spacial score (nSPS) is 10.9. The SMILES string of the molecule is Cc1nc2[nH]c(=O)sc2c(C)c1N. The molecular weight excluding hydrogens is 186 g/mol. The van der Waals surface area contributed by atoms with Crippen LogP contribution in [0, 0.1) is 13.8 Å². The molecule has 3 N–H and O–H groups in total. The van der Waals surface area contributed by atoms with E-state index >= 15 is 0 Å². The molecule has 0 bridgehead atoms. The summed E-state index contributed by atoms with van der Waals surface area (Å²) in [4.78, 5) is 17.8. The fraction of sp³-hybridized carbons (Fsp3) is 0.250. The van der Waals surface area contributed by atoms with Crippen LogP contribution in [0.2, 0.25) is 0 Å². The number of rotatable bonds is 0. The molecule has 0 aliphatic rings. The molecule has 0 aliphatic heterocycles. The van der Waals surface area contributed by atoms with Gasteiger partial charge in [-0.05, 0) is 19.4 Å². The summed E-state index contributed by atoms with van der Waals surface area (Å²) in [5.41, 5.74) is 8.79. The van der Waals surface area contributed by atoms with Crippen LogP contribution in [-0.4, -0.2) is 9.97 Å². The highest BCUT2D eigenvalue weighted by Gasteiger charge is 2.08. The molecule has 0 saturated carbocycles. The van der Waals surface area contributed by atoms with E-state index in [9.17, 15) is 4.79 Å². The summed E-state index contributed by atoms with van der Waals surface area (Å²) in [7, 11) is 0. The van der Waals surface area contributed by atoms with Crippen LogP contribution in [0.4, 0.5) is 5.69 Å². The Bertz CT molecular complexity index is 526. The van der Waals surface area contributed by atoms with Crippen LogP contribution in [0.25, 0.3) is 10.3 Å². The first-order valence-electron chi connectivity index (χ1n) is 3.85. The fourth-order valence-corrected chi connectivity index (χ4v) is 2.06. The second-order valence-electron chi connectivity index (χ2n) is 2.93. The molecule has 2 rings (SSSR count). The van der Waals surface area contributed by atoms with Gasteiger partial charge in [0.15, 0.2) is 5.65 Å². The van der Waals surface area contributed by atoms with Gasteiger partial charge in [0.25, 0.3) is 0 Å². The first-order valence-corrected chi connectivity index (χ1v) is 4.66. The van der Waals surface area contributed by atoms with Gasteiger partial charge in [0.1, 0.15) is 0 Å². The number of aromatic nitrogens is 2. The van der Waals surface area contributed by atoms with Gasteiger partial charge in [0.05, 0.1) is 16.1 Å². The lowest BCUT2D eigenvalue weighted by molar-refractivity contribution is 1.20. The van der Waals surface area contributed by atoms with E-state index in [0.29, 0.717) is 11.3 Å². The molecule has 0 fully saturated rings. The summed E-state index contributed by atoms with van der Waals surface area (Å²) in [5, 5.41) is 0. The number of aromatic amines is 1. The summed E-state index contributed by atoms with van der Waals surface area (Å²) in [5.74, 6) is 0. The Labute approximate surface area is 78.4 Å². The van der Waals surface area contributed by atoms with Gasteiger partial charge in [0.2, 0.25) is 0 Å². The van der Waals surface area contributed by atoms with Crippen molar-refractivity contribution in [1.29, 1.82) is 0 Å². The van der Waals surface area contributed by atoms with Crippen molar-refractivity contribution < 1.29 is 0 Å². The molecule has 68 valence electrons. The zero-order chi connectivity index (χ0) is 9.59. The first kappa shape index (κ1) is 8.25. The minimum absolute atomic E-state index is 0.0874. The summed E-state index contributed by atoms with van der Waals surface area (Å²) in [6.45, 7) is 3.73. The lowest BCUT2D eigenvalue weighted by atomic mass is 10.2. The molecule has 13 heavy (non-hydrogen) atoms. The maximum atomic E-state index is 11.0. The Hall–Kier alpha value is -1.36. The number of nitrogens with one attached hydrogen (secondary N) is 1. The van der Waals surface area contributed by atoms with Crippen molar-refractivity contribution >= 4 is 27.4 Å². The number of fused-ring (bicyclic) bond motifs is 1. The van der Waals surface area contributed by atoms with E-state index < -0.39 is 0 Å². The molecule has 0 radical (unpaired) electrons. The third-order valence-electron chi connectivity index (χ3n) is 2.04. The molecule has 4 nitrogen and oxygen atoms in total. The molecule has 2 heterocycles. The summed E-state index contributed by atoms with van der Waals surface area (Å²) in [6.07, 6.45) is 0. The molecule has 0 aromatic carbocycles. The number of nitrogen functional groups attached to an aromatic ring is 1. The number of hydrogen-bond acceptors (Lipinski definition) is 4. The van der Waals surface area contributed by atoms with Crippen LogP contribution < -0.4 is 10.6 Å². The molecule has 0 saturated heterocycles. The Morgan fingerprint density at radius 1 is 1.46 bits per heavy atom. The van der Waals surface area contributed by atoms with Crippen molar-refractivity contribution in [2.75, 3.05) is 5.73 Å². The number of anilines is 1. The van der Waals surface area contributed by atoms with Gasteiger partial charge in [-0.1, -0.05) is 11.3 Å². The smallest absolute Gasteiger partial charge is 0.306 e. The number of nitrogens with zero attached hydrogens (tertiary/aromatic N) is 1. The maximum Gasteiger partial charge on any atom is 0.306 e. The summed E-state index contributed by atoms with van der Waals surface area (Å²) >= 11 is 1.15. The largest absolute Gasteiger partial charge is 0.397 e. The fourth-order valence-electron chi connectivity index (χ4n) is 1.27. The van der Waals surface area contributed by atoms with E-state index in [2.05, 4.69) is 9.97 Å². The van der Waals surface area contributed by atoms with Crippen molar-refractivity contribution in [2.24, 2.45) is 0 Å². The Morgan fingerprint density at radius 3 is 2.85 bits per heavy atom. The van der Waals surface area contributed by atoms with Gasteiger partial charge < -0.3 is 5.73 Å². The lowest BCUT2D eigenvalue weighted by Gasteiger charge is -2.02. The zero-order valence-corrected chi connectivity index (χ0v) is 8.16. The topological polar surface area (TPSA) is 71.8 Å². The molecule has 0 aliphatic carbocycles. The van der Waals surface area contributed by atoms with Gasteiger partial charge >= 0.3 is 4.87 Å². The van der Waals surface area contributed by atoms with Gasteiger partial charge in [-0.2, -0.15) is 0 Å². The zero-order valence-electron chi connectivity index (χ0n) is 7.34. The molecule has 0 spiro atoms. The number of thiazole rings is 1. The van der Waals surface area contributed by atoms with E-state index in [1.807, 2.05) is 13.8 Å². The van der Waals surface area contributed by atoms with Crippen LogP contribution in [0.5, 0.6) is 0 Å². The van der Waals surface area contributed by atoms with Crippen LogP contribution >= 0.6 is 11.3 Å². The van der Waals surface area contributed by atoms with Crippen molar-refractivity contribution in [3.63, 3.8) is 0 Å². The second kappa shape index (κ2) is 2.56. The Kier molecular flexibility index (Phi) is 1.63. The molecular formula is C8H9N3OS. The lowest BCUT2D eigenvalue weighted by Crippen LogP contribution is -1.97. The Balaban J connectivity index is 3.00. The number of pyridine rings is 1. The quantitative estimate of drug-likeness (QED) is 0.663.